The predicted octanol–water partition coefficient (Wildman–Crippen LogP) is 4.20. The van der Waals surface area contributed by atoms with E-state index in [0.717, 1.165) is 23.2 Å². The molecule has 5 rings (SSSR count). The zero-order valence-electron chi connectivity index (χ0n) is 15.8. The summed E-state index contributed by atoms with van der Waals surface area (Å²) in [5.74, 6) is -0.104. The number of nitrogens with zero attached hydrogens (tertiary/aromatic N) is 5. The van der Waals surface area contributed by atoms with Crippen LogP contribution in [0.5, 0.6) is 0 Å². The Bertz CT molecular complexity index is 1220. The van der Waals surface area contributed by atoms with E-state index in [9.17, 15) is 4.79 Å². The number of fused-ring (bicyclic) bond motifs is 2. The van der Waals surface area contributed by atoms with Crippen LogP contribution in [0.4, 0.5) is 0 Å². The summed E-state index contributed by atoms with van der Waals surface area (Å²) in [5, 5.41) is 4.85. The average Bonchev–Trinajstić information content (AvgIpc) is 3.17. The number of halogens is 1. The maximum Gasteiger partial charge on any atom is 0.274 e. The quantitative estimate of drug-likeness (QED) is 0.503. The maximum atomic E-state index is 13.2. The Hall–Kier alpha value is -3.25. The lowest BCUT2D eigenvalue weighted by Crippen LogP contribution is -2.39. The molecule has 3 aromatic heterocycles. The third-order valence-corrected chi connectivity index (χ3v) is 5.60. The lowest BCUT2D eigenvalue weighted by Gasteiger charge is -2.35. The zero-order valence-corrected chi connectivity index (χ0v) is 16.5. The fourth-order valence-electron chi connectivity index (χ4n) is 3.89. The normalized spacial score (nSPS) is 16.1. The van der Waals surface area contributed by atoms with Gasteiger partial charge in [-0.25, -0.2) is 9.50 Å². The van der Waals surface area contributed by atoms with Crippen molar-refractivity contribution in [2.45, 2.75) is 19.4 Å². The molecule has 1 aliphatic heterocycles. The van der Waals surface area contributed by atoms with Crippen LogP contribution in [-0.2, 0) is 6.42 Å². The van der Waals surface area contributed by atoms with Gasteiger partial charge in [-0.15, -0.1) is 0 Å². The molecule has 0 saturated carbocycles. The molecule has 1 aliphatic rings. The maximum absolute atomic E-state index is 13.2. The Kier molecular flexibility index (Phi) is 4.28. The molecule has 0 saturated heterocycles. The first-order chi connectivity index (χ1) is 14.1. The summed E-state index contributed by atoms with van der Waals surface area (Å²) in [7, 11) is 0. The highest BCUT2D eigenvalue weighted by molar-refractivity contribution is 6.30. The van der Waals surface area contributed by atoms with Crippen LogP contribution in [0.2, 0.25) is 5.02 Å². The summed E-state index contributed by atoms with van der Waals surface area (Å²) in [6.07, 6.45) is 5.80. The van der Waals surface area contributed by atoms with Crippen molar-refractivity contribution < 1.29 is 4.79 Å². The number of carbonyl (C=O) groups excluding carboxylic acids is 1. The molecule has 1 aromatic carbocycles. The number of benzene rings is 1. The highest BCUT2D eigenvalue weighted by Gasteiger charge is 2.30. The number of carbonyl (C=O) groups is 1. The van der Waals surface area contributed by atoms with Gasteiger partial charge in [0, 0.05) is 30.6 Å². The molecule has 0 bridgehead atoms. The molecule has 7 heteroatoms. The van der Waals surface area contributed by atoms with Gasteiger partial charge in [-0.2, -0.15) is 5.10 Å². The van der Waals surface area contributed by atoms with E-state index >= 15 is 0 Å². The van der Waals surface area contributed by atoms with Crippen molar-refractivity contribution >= 4 is 23.2 Å². The lowest BCUT2D eigenvalue weighted by atomic mass is 9.91. The Balaban J connectivity index is 1.48. The molecule has 1 amide bonds. The van der Waals surface area contributed by atoms with Crippen LogP contribution in [0.15, 0.2) is 61.1 Å². The van der Waals surface area contributed by atoms with E-state index in [1.807, 2.05) is 23.1 Å². The molecule has 0 fully saturated rings. The summed E-state index contributed by atoms with van der Waals surface area (Å²) in [4.78, 5) is 23.7. The molecule has 0 N–H and O–H groups in total. The Morgan fingerprint density at radius 3 is 2.90 bits per heavy atom. The van der Waals surface area contributed by atoms with Crippen LogP contribution in [0.3, 0.4) is 0 Å². The molecule has 0 aliphatic carbocycles. The van der Waals surface area contributed by atoms with Gasteiger partial charge >= 0.3 is 0 Å². The van der Waals surface area contributed by atoms with Gasteiger partial charge in [0.25, 0.3) is 5.91 Å². The van der Waals surface area contributed by atoms with Crippen molar-refractivity contribution in [2.75, 3.05) is 6.54 Å². The number of hydrogen-bond acceptors (Lipinski definition) is 4. The average molecular weight is 404 g/mol. The topological polar surface area (TPSA) is 63.4 Å². The van der Waals surface area contributed by atoms with Crippen molar-refractivity contribution in [3.63, 3.8) is 0 Å². The number of amides is 1. The Morgan fingerprint density at radius 1 is 1.17 bits per heavy atom. The first-order valence-electron chi connectivity index (χ1n) is 9.46. The first kappa shape index (κ1) is 17.8. The van der Waals surface area contributed by atoms with Crippen LogP contribution in [0.1, 0.15) is 34.6 Å². The van der Waals surface area contributed by atoms with Gasteiger partial charge in [0.2, 0.25) is 0 Å². The Morgan fingerprint density at radius 2 is 2.07 bits per heavy atom. The molecule has 4 aromatic rings. The van der Waals surface area contributed by atoms with Gasteiger partial charge in [0.15, 0.2) is 11.3 Å². The predicted molar refractivity (Wildman–Crippen MR) is 111 cm³/mol. The van der Waals surface area contributed by atoms with E-state index in [1.54, 1.807) is 24.7 Å². The van der Waals surface area contributed by atoms with E-state index in [0.29, 0.717) is 22.9 Å². The summed E-state index contributed by atoms with van der Waals surface area (Å²) in [6.45, 7) is 2.71. The lowest BCUT2D eigenvalue weighted by molar-refractivity contribution is 0.0671. The minimum atomic E-state index is -0.104. The number of pyridine rings is 1. The fraction of sp³-hybridized carbons (Fsp3) is 0.182. The fourth-order valence-corrected chi connectivity index (χ4v) is 4.03. The minimum absolute atomic E-state index is 0.0590. The molecule has 1 atom stereocenters. The molecular formula is C22H18ClN5O. The van der Waals surface area contributed by atoms with E-state index in [1.165, 1.54) is 10.1 Å². The first-order valence-corrected chi connectivity index (χ1v) is 9.84. The Labute approximate surface area is 172 Å². The van der Waals surface area contributed by atoms with Crippen molar-refractivity contribution in [2.24, 2.45) is 0 Å². The van der Waals surface area contributed by atoms with Crippen molar-refractivity contribution in [3.05, 3.63) is 82.9 Å². The van der Waals surface area contributed by atoms with Gasteiger partial charge in [-0.05, 0) is 42.7 Å². The third-order valence-electron chi connectivity index (χ3n) is 5.41. The van der Waals surface area contributed by atoms with Crippen molar-refractivity contribution in [1.82, 2.24) is 24.5 Å². The van der Waals surface area contributed by atoms with Crippen molar-refractivity contribution in [1.29, 1.82) is 0 Å². The van der Waals surface area contributed by atoms with Gasteiger partial charge in [-0.3, -0.25) is 9.78 Å². The van der Waals surface area contributed by atoms with E-state index < -0.39 is 0 Å². The third kappa shape index (κ3) is 3.15. The second kappa shape index (κ2) is 6.97. The van der Waals surface area contributed by atoms with Crippen LogP contribution in [0.25, 0.3) is 16.9 Å². The molecule has 144 valence electrons. The summed E-state index contributed by atoms with van der Waals surface area (Å²) in [6, 6.07) is 13.9. The smallest absolute Gasteiger partial charge is 0.274 e. The summed E-state index contributed by atoms with van der Waals surface area (Å²) >= 11 is 5.98. The van der Waals surface area contributed by atoms with Crippen LogP contribution < -0.4 is 0 Å². The van der Waals surface area contributed by atoms with Crippen LogP contribution >= 0.6 is 11.6 Å². The summed E-state index contributed by atoms with van der Waals surface area (Å²) in [5.41, 5.74) is 5.37. The molecule has 29 heavy (non-hydrogen) atoms. The van der Waals surface area contributed by atoms with E-state index in [2.05, 4.69) is 40.2 Å². The number of aromatic nitrogens is 4. The van der Waals surface area contributed by atoms with Crippen LogP contribution in [-0.4, -0.2) is 36.9 Å². The monoisotopic (exact) mass is 403 g/mol. The van der Waals surface area contributed by atoms with Crippen LogP contribution in [0, 0.1) is 0 Å². The molecule has 0 radical (unpaired) electrons. The SMILES string of the molecule is CC1c2cc(-c3ccccn3)ccc2CCN1C(=O)c1cc2ncc(Cl)cn2n1. The van der Waals surface area contributed by atoms with Gasteiger partial charge in [-0.1, -0.05) is 29.8 Å². The standard InChI is InChI=1S/C22H18ClN5O/c1-14-18-10-16(19-4-2-3-8-24-19)6-5-15(18)7-9-27(14)22(29)20-11-21-25-12-17(23)13-28(21)26-20/h2-6,8,10-14H,7,9H2,1H3. The molecule has 0 spiro atoms. The van der Waals surface area contributed by atoms with Gasteiger partial charge in [0.05, 0.1) is 23.0 Å². The minimum Gasteiger partial charge on any atom is -0.330 e. The second-order valence-corrected chi connectivity index (χ2v) is 7.59. The highest BCUT2D eigenvalue weighted by atomic mass is 35.5. The number of rotatable bonds is 2. The van der Waals surface area contributed by atoms with Crippen molar-refractivity contribution in [3.8, 4) is 11.3 Å². The molecule has 1 unspecified atom stereocenters. The zero-order chi connectivity index (χ0) is 20.0. The summed E-state index contributed by atoms with van der Waals surface area (Å²) < 4.78 is 1.54. The molecule has 6 nitrogen and oxygen atoms in total. The van der Waals surface area contributed by atoms with E-state index in [4.69, 9.17) is 11.6 Å². The van der Waals surface area contributed by atoms with E-state index in [-0.39, 0.29) is 11.9 Å². The molecular weight excluding hydrogens is 386 g/mol. The molecule has 4 heterocycles. The number of hydrogen-bond donors (Lipinski definition) is 0. The van der Waals surface area contributed by atoms with Gasteiger partial charge in [0.1, 0.15) is 0 Å². The second-order valence-electron chi connectivity index (χ2n) is 7.16. The highest BCUT2D eigenvalue weighted by Crippen LogP contribution is 2.33. The largest absolute Gasteiger partial charge is 0.330 e. The van der Waals surface area contributed by atoms with Gasteiger partial charge < -0.3 is 4.90 Å².